The molecule has 1 rings (SSSR count). The lowest BCUT2D eigenvalue weighted by Gasteiger charge is -2.08. The van der Waals surface area contributed by atoms with E-state index in [1.807, 2.05) is 0 Å². The summed E-state index contributed by atoms with van der Waals surface area (Å²) in [7, 11) is -3.67. The van der Waals surface area contributed by atoms with Crippen molar-refractivity contribution in [2.45, 2.75) is 12.6 Å². The lowest BCUT2D eigenvalue weighted by Crippen LogP contribution is -2.08. The minimum Gasteiger partial charge on any atom is -0.330 e. The molecule has 0 saturated carbocycles. The first kappa shape index (κ1) is 17.8. The summed E-state index contributed by atoms with van der Waals surface area (Å²) in [4.78, 5) is 0. The zero-order valence-electron chi connectivity index (χ0n) is 9.91. The van der Waals surface area contributed by atoms with Crippen LogP contribution < -0.4 is 5.73 Å². The molecule has 0 aliphatic heterocycles. The maximum absolute atomic E-state index is 12.7. The van der Waals surface area contributed by atoms with Crippen LogP contribution in [0.25, 0.3) is 0 Å². The van der Waals surface area contributed by atoms with Gasteiger partial charge >= 0.3 is 6.18 Å². The van der Waals surface area contributed by atoms with Crippen molar-refractivity contribution >= 4 is 10.1 Å². The fourth-order valence-electron chi connectivity index (χ4n) is 1.13. The third kappa shape index (κ3) is 9.40. The lowest BCUT2D eigenvalue weighted by atomic mass is 10.1. The van der Waals surface area contributed by atoms with E-state index in [1.54, 1.807) is 0 Å². The van der Waals surface area contributed by atoms with Gasteiger partial charge in [0.25, 0.3) is 10.1 Å². The van der Waals surface area contributed by atoms with Crippen LogP contribution in [0.4, 0.5) is 17.6 Å². The van der Waals surface area contributed by atoms with E-state index >= 15 is 0 Å². The minimum absolute atomic E-state index is 0.195. The summed E-state index contributed by atoms with van der Waals surface area (Å²) in [5, 5.41) is 0. The molecule has 0 radical (unpaired) electrons. The lowest BCUT2D eigenvalue weighted by molar-refractivity contribution is -0.137. The van der Waals surface area contributed by atoms with Crippen LogP contribution >= 0.6 is 0 Å². The van der Waals surface area contributed by atoms with Crippen LogP contribution in [-0.2, 0) is 22.7 Å². The van der Waals surface area contributed by atoms with Gasteiger partial charge in [0.1, 0.15) is 5.82 Å². The highest BCUT2D eigenvalue weighted by atomic mass is 32.2. The highest BCUT2D eigenvalue weighted by Gasteiger charge is 2.31. The summed E-state index contributed by atoms with van der Waals surface area (Å²) >= 11 is 0. The van der Waals surface area contributed by atoms with E-state index in [1.165, 1.54) is 0 Å². The first-order valence-corrected chi connectivity index (χ1v) is 6.77. The van der Waals surface area contributed by atoms with E-state index in [0.29, 0.717) is 12.3 Å². The molecule has 0 saturated heterocycles. The van der Waals surface area contributed by atoms with Gasteiger partial charge in [-0.2, -0.15) is 21.6 Å². The molecule has 1 aromatic rings. The van der Waals surface area contributed by atoms with E-state index in [-0.39, 0.29) is 18.5 Å². The maximum atomic E-state index is 12.7. The molecule has 0 bridgehead atoms. The summed E-state index contributed by atoms with van der Waals surface area (Å²) < 4.78 is 75.2. The Morgan fingerprint density at radius 1 is 1.26 bits per heavy atom. The van der Waals surface area contributed by atoms with Crippen molar-refractivity contribution in [1.29, 1.82) is 0 Å². The summed E-state index contributed by atoms with van der Waals surface area (Å²) in [6, 6.07) is 2.44. The summed E-state index contributed by atoms with van der Waals surface area (Å²) in [6.07, 6.45) is -3.56. The van der Waals surface area contributed by atoms with Gasteiger partial charge in [0, 0.05) is 0 Å². The number of halogens is 4. The smallest absolute Gasteiger partial charge is 0.330 e. The maximum Gasteiger partial charge on any atom is 0.416 e. The van der Waals surface area contributed by atoms with Crippen LogP contribution in [0, 0.1) is 5.82 Å². The number of nitrogens with two attached hydrogens (primary N) is 1. The molecular formula is C10H13F4NO3S. The highest BCUT2D eigenvalue weighted by Crippen LogP contribution is 2.30. The molecule has 0 unspecified atom stereocenters. The molecular weight excluding hydrogens is 290 g/mol. The van der Waals surface area contributed by atoms with Crippen LogP contribution in [0.5, 0.6) is 0 Å². The Kier molecular flexibility index (Phi) is 6.40. The quantitative estimate of drug-likeness (QED) is 0.645. The van der Waals surface area contributed by atoms with Gasteiger partial charge in [-0.1, -0.05) is 0 Å². The van der Waals surface area contributed by atoms with E-state index in [0.717, 1.165) is 12.1 Å². The SMILES string of the molecule is CS(=O)(=O)O.NCCc1cc(F)cc(C(F)(F)F)c1. The third-order valence-electron chi connectivity index (χ3n) is 1.72. The van der Waals surface area contributed by atoms with Crippen LogP contribution in [0.15, 0.2) is 18.2 Å². The summed E-state index contributed by atoms with van der Waals surface area (Å²) in [5.41, 5.74) is 4.46. The third-order valence-corrected chi connectivity index (χ3v) is 1.72. The second-order valence-electron chi connectivity index (χ2n) is 3.62. The van der Waals surface area contributed by atoms with Gasteiger partial charge < -0.3 is 5.73 Å². The first-order valence-electron chi connectivity index (χ1n) is 4.92. The van der Waals surface area contributed by atoms with Crippen molar-refractivity contribution in [3.63, 3.8) is 0 Å². The Morgan fingerprint density at radius 3 is 2.11 bits per heavy atom. The molecule has 9 heteroatoms. The molecule has 0 aliphatic carbocycles. The molecule has 0 heterocycles. The van der Waals surface area contributed by atoms with Gasteiger partial charge in [-0.15, -0.1) is 0 Å². The van der Waals surface area contributed by atoms with Gasteiger partial charge in [-0.25, -0.2) is 4.39 Å². The predicted molar refractivity (Wildman–Crippen MR) is 61.6 cm³/mol. The average molecular weight is 303 g/mol. The molecule has 0 amide bonds. The minimum atomic E-state index is -4.51. The topological polar surface area (TPSA) is 80.4 Å². The van der Waals surface area contributed by atoms with Crippen LogP contribution in [0.2, 0.25) is 0 Å². The molecule has 3 N–H and O–H groups in total. The number of rotatable bonds is 2. The van der Waals surface area contributed by atoms with E-state index in [9.17, 15) is 26.0 Å². The summed E-state index contributed by atoms with van der Waals surface area (Å²) in [5.74, 6) is -0.886. The molecule has 0 atom stereocenters. The normalized spacial score (nSPS) is 11.7. The van der Waals surface area contributed by atoms with Crippen LogP contribution in [0.1, 0.15) is 11.1 Å². The van der Waals surface area contributed by atoms with Gasteiger partial charge in [-0.05, 0) is 36.7 Å². The van der Waals surface area contributed by atoms with Crippen molar-refractivity contribution in [2.75, 3.05) is 12.8 Å². The first-order chi connectivity index (χ1) is 8.43. The van der Waals surface area contributed by atoms with Gasteiger partial charge in [0.15, 0.2) is 0 Å². The fraction of sp³-hybridized carbons (Fsp3) is 0.400. The Morgan fingerprint density at radius 2 is 1.74 bits per heavy atom. The molecule has 0 aliphatic rings. The number of hydrogen-bond donors (Lipinski definition) is 2. The van der Waals surface area contributed by atoms with E-state index in [4.69, 9.17) is 10.3 Å². The monoisotopic (exact) mass is 303 g/mol. The zero-order valence-corrected chi connectivity index (χ0v) is 10.7. The Bertz CT molecular complexity index is 506. The van der Waals surface area contributed by atoms with Crippen molar-refractivity contribution in [2.24, 2.45) is 5.73 Å². The zero-order chi connectivity index (χ0) is 15.3. The number of alkyl halides is 3. The largest absolute Gasteiger partial charge is 0.416 e. The molecule has 0 fully saturated rings. The molecule has 110 valence electrons. The second kappa shape index (κ2) is 6.83. The predicted octanol–water partition coefficient (Wildman–Crippen LogP) is 1.85. The molecule has 0 aromatic heterocycles. The van der Waals surface area contributed by atoms with Crippen molar-refractivity contribution in [3.8, 4) is 0 Å². The Balaban J connectivity index is 0.000000555. The molecule has 19 heavy (non-hydrogen) atoms. The molecule has 1 aromatic carbocycles. The summed E-state index contributed by atoms with van der Waals surface area (Å²) in [6.45, 7) is 0.195. The highest BCUT2D eigenvalue weighted by molar-refractivity contribution is 7.85. The standard InChI is InChI=1S/C9H9F4N.CH4O3S/c10-8-4-6(1-2-14)3-7(5-8)9(11,12)13;1-5(2,3)4/h3-5H,1-2,14H2;1H3,(H,2,3,4). The van der Waals surface area contributed by atoms with Crippen LogP contribution in [0.3, 0.4) is 0 Å². The second-order valence-corrected chi connectivity index (χ2v) is 5.08. The van der Waals surface area contributed by atoms with Gasteiger partial charge in [0.05, 0.1) is 11.8 Å². The fourth-order valence-corrected chi connectivity index (χ4v) is 1.13. The molecule has 0 spiro atoms. The van der Waals surface area contributed by atoms with E-state index in [2.05, 4.69) is 0 Å². The molecule has 4 nitrogen and oxygen atoms in total. The van der Waals surface area contributed by atoms with Gasteiger partial charge in [-0.3, -0.25) is 4.55 Å². The van der Waals surface area contributed by atoms with E-state index < -0.39 is 27.7 Å². The van der Waals surface area contributed by atoms with Crippen molar-refractivity contribution in [3.05, 3.63) is 35.1 Å². The van der Waals surface area contributed by atoms with Crippen LogP contribution in [-0.4, -0.2) is 25.8 Å². The van der Waals surface area contributed by atoms with Gasteiger partial charge in [0.2, 0.25) is 0 Å². The number of benzene rings is 1. The van der Waals surface area contributed by atoms with Crippen molar-refractivity contribution in [1.82, 2.24) is 0 Å². The average Bonchev–Trinajstić information content (AvgIpc) is 2.12. The Hall–Kier alpha value is -1.19. The number of hydrogen-bond acceptors (Lipinski definition) is 3. The Labute approximate surface area is 108 Å². The van der Waals surface area contributed by atoms with Crippen molar-refractivity contribution < 1.29 is 30.5 Å².